The summed E-state index contributed by atoms with van der Waals surface area (Å²) in [7, 11) is 0. The third-order valence-corrected chi connectivity index (χ3v) is 7.35. The van der Waals surface area contributed by atoms with E-state index < -0.39 is 0 Å². The van der Waals surface area contributed by atoms with Gasteiger partial charge in [-0.3, -0.25) is 19.9 Å². The maximum absolute atomic E-state index is 12.4. The smallest absolute Gasteiger partial charge is 0.227 e. The lowest BCUT2D eigenvalue weighted by Gasteiger charge is -2.24. The van der Waals surface area contributed by atoms with Gasteiger partial charge >= 0.3 is 0 Å². The van der Waals surface area contributed by atoms with Crippen LogP contribution in [0, 0.1) is 5.92 Å². The minimum absolute atomic E-state index is 0.0827. The van der Waals surface area contributed by atoms with Gasteiger partial charge in [0.25, 0.3) is 0 Å². The van der Waals surface area contributed by atoms with Gasteiger partial charge in [0.05, 0.1) is 23.1 Å². The molecule has 0 atom stereocenters. The first-order chi connectivity index (χ1) is 19.2. The van der Waals surface area contributed by atoms with Crippen molar-refractivity contribution in [3.8, 4) is 22.6 Å². The largest absolute Gasteiger partial charge is 0.340 e. The number of anilines is 1. The molecule has 4 aromatic heterocycles. The number of hydrogen-bond acceptors (Lipinski definition) is 5. The predicted octanol–water partition coefficient (Wildman–Crippen LogP) is 6.55. The number of H-pyrrole nitrogens is 2. The van der Waals surface area contributed by atoms with Crippen molar-refractivity contribution in [2.45, 2.75) is 46.0 Å². The lowest BCUT2D eigenvalue weighted by atomic mass is 9.85. The molecule has 0 aliphatic heterocycles. The van der Waals surface area contributed by atoms with E-state index in [-0.39, 0.29) is 11.8 Å². The number of aromatic amines is 2. The number of amides is 1. The molecule has 2 aliphatic carbocycles. The number of allylic oxidation sites excluding steroid dienone is 1. The fraction of sp³-hybridized carbons (Fsp3) is 0.258. The molecule has 1 saturated carbocycles. The number of hydrogen-bond donors (Lipinski definition) is 3. The average Bonchev–Trinajstić information content (AvgIpc) is 3.57. The zero-order valence-corrected chi connectivity index (χ0v) is 22.2. The first-order valence-corrected chi connectivity index (χ1v) is 13.7. The summed E-state index contributed by atoms with van der Waals surface area (Å²) in [4.78, 5) is 29.6. The molecular weight excluding hydrogens is 486 g/mol. The second-order valence-corrected chi connectivity index (χ2v) is 9.72. The van der Waals surface area contributed by atoms with Gasteiger partial charge in [-0.1, -0.05) is 38.5 Å². The van der Waals surface area contributed by atoms with Crippen molar-refractivity contribution in [1.29, 1.82) is 0 Å². The number of nitrogens with zero attached hydrogens (tertiary/aromatic N) is 4. The van der Waals surface area contributed by atoms with Crippen LogP contribution >= 0.6 is 0 Å². The summed E-state index contributed by atoms with van der Waals surface area (Å²) < 4.78 is 0. The highest BCUT2D eigenvalue weighted by Gasteiger charge is 2.25. The number of nitrogens with one attached hydrogen (secondary N) is 3. The van der Waals surface area contributed by atoms with E-state index in [1.165, 1.54) is 0 Å². The summed E-state index contributed by atoms with van der Waals surface area (Å²) in [6.45, 7) is 4.00. The maximum Gasteiger partial charge on any atom is 0.227 e. The quantitative estimate of drug-likeness (QED) is 0.245. The fourth-order valence-corrected chi connectivity index (χ4v) is 5.11. The van der Waals surface area contributed by atoms with Crippen molar-refractivity contribution in [2.24, 2.45) is 5.92 Å². The molecule has 1 aromatic carbocycles. The van der Waals surface area contributed by atoms with Crippen LogP contribution < -0.4 is 5.32 Å². The Morgan fingerprint density at radius 1 is 0.974 bits per heavy atom. The molecule has 0 radical (unpaired) electrons. The third kappa shape index (κ3) is 4.74. The van der Waals surface area contributed by atoms with Crippen molar-refractivity contribution < 1.29 is 4.79 Å². The lowest BCUT2D eigenvalue weighted by Crippen LogP contribution is -2.28. The molecule has 196 valence electrons. The number of benzene rings is 1. The number of imidazole rings is 1. The number of carbonyl (C=O) groups excluding carboxylic acids is 1. The van der Waals surface area contributed by atoms with E-state index in [0.717, 1.165) is 93.9 Å². The molecule has 0 spiro atoms. The minimum Gasteiger partial charge on any atom is -0.340 e. The Morgan fingerprint density at radius 3 is 2.64 bits per heavy atom. The maximum atomic E-state index is 12.4. The van der Waals surface area contributed by atoms with Gasteiger partial charge in [-0.2, -0.15) is 5.10 Å². The second kappa shape index (κ2) is 10.6. The molecule has 4 heterocycles. The van der Waals surface area contributed by atoms with E-state index in [9.17, 15) is 4.79 Å². The summed E-state index contributed by atoms with van der Waals surface area (Å²) in [6.07, 6.45) is 14.3. The highest BCUT2D eigenvalue weighted by Crippen LogP contribution is 2.35. The molecule has 1 amide bonds. The van der Waals surface area contributed by atoms with Gasteiger partial charge in [0, 0.05) is 52.3 Å². The number of aromatic nitrogens is 6. The van der Waals surface area contributed by atoms with Gasteiger partial charge in [0.2, 0.25) is 5.91 Å². The van der Waals surface area contributed by atoms with E-state index >= 15 is 0 Å². The van der Waals surface area contributed by atoms with Gasteiger partial charge in [0.1, 0.15) is 5.69 Å². The van der Waals surface area contributed by atoms with Crippen LogP contribution in [-0.4, -0.2) is 36.0 Å². The van der Waals surface area contributed by atoms with E-state index in [2.05, 4.69) is 48.7 Å². The summed E-state index contributed by atoms with van der Waals surface area (Å²) in [5.41, 5.74) is 8.59. The molecule has 3 N–H and O–H groups in total. The molecule has 0 saturated heterocycles. The van der Waals surface area contributed by atoms with Crippen molar-refractivity contribution in [3.63, 3.8) is 0 Å². The van der Waals surface area contributed by atoms with Gasteiger partial charge < -0.3 is 10.3 Å². The predicted molar refractivity (Wildman–Crippen MR) is 154 cm³/mol. The fourth-order valence-electron chi connectivity index (χ4n) is 5.11. The molecule has 8 heteroatoms. The van der Waals surface area contributed by atoms with E-state index in [0.29, 0.717) is 0 Å². The number of carbonyl (C=O) groups is 1. The number of pyridine rings is 2. The lowest BCUT2D eigenvalue weighted by molar-refractivity contribution is -0.122. The van der Waals surface area contributed by atoms with Crippen molar-refractivity contribution in [3.05, 3.63) is 84.2 Å². The molecule has 2 aliphatic rings. The summed E-state index contributed by atoms with van der Waals surface area (Å²) in [5, 5.41) is 11.8. The normalized spacial score (nSPS) is 14.6. The SMILES string of the molecule is CC.O=C(Nc1cncc(-c2ccc3[nH]nc(-c4nc5c([nH]4)CCC=C5c4cccnc4)c3c2)c1)C1CCC1. The van der Waals surface area contributed by atoms with Crippen LogP contribution in [0.5, 0.6) is 0 Å². The highest BCUT2D eigenvalue weighted by molar-refractivity contribution is 5.96. The average molecular weight is 518 g/mol. The van der Waals surface area contributed by atoms with Crippen LogP contribution in [0.4, 0.5) is 5.69 Å². The highest BCUT2D eigenvalue weighted by atomic mass is 16.1. The number of rotatable bonds is 5. The molecule has 1 fully saturated rings. The molecule has 7 rings (SSSR count). The Balaban J connectivity index is 0.00000135. The van der Waals surface area contributed by atoms with Crippen LogP contribution in [0.3, 0.4) is 0 Å². The number of fused-ring (bicyclic) bond motifs is 2. The van der Waals surface area contributed by atoms with Crippen LogP contribution in [0.2, 0.25) is 0 Å². The zero-order chi connectivity index (χ0) is 26.8. The third-order valence-electron chi connectivity index (χ3n) is 7.35. The molecule has 39 heavy (non-hydrogen) atoms. The topological polar surface area (TPSA) is 112 Å². The van der Waals surface area contributed by atoms with Gasteiger partial charge in [0.15, 0.2) is 5.82 Å². The molecule has 5 aromatic rings. The Bertz CT molecular complexity index is 1660. The Hall–Kier alpha value is -4.59. The number of aryl methyl sites for hydroxylation is 1. The molecule has 0 unspecified atom stereocenters. The van der Waals surface area contributed by atoms with Crippen LogP contribution in [-0.2, 0) is 11.2 Å². The van der Waals surface area contributed by atoms with Crippen LogP contribution in [0.1, 0.15) is 56.5 Å². The van der Waals surface area contributed by atoms with Crippen LogP contribution in [0.15, 0.2) is 67.3 Å². The Morgan fingerprint density at radius 2 is 1.85 bits per heavy atom. The molecular formula is C31H31N7O. The molecule has 0 bridgehead atoms. The van der Waals surface area contributed by atoms with Crippen molar-refractivity contribution in [2.75, 3.05) is 5.32 Å². The first-order valence-electron chi connectivity index (χ1n) is 13.7. The monoisotopic (exact) mass is 517 g/mol. The van der Waals surface area contributed by atoms with Crippen molar-refractivity contribution in [1.82, 2.24) is 30.1 Å². The minimum atomic E-state index is 0.0827. The summed E-state index contributed by atoms with van der Waals surface area (Å²) in [6, 6.07) is 12.1. The summed E-state index contributed by atoms with van der Waals surface area (Å²) >= 11 is 0. The second-order valence-electron chi connectivity index (χ2n) is 9.72. The van der Waals surface area contributed by atoms with Gasteiger partial charge in [-0.05, 0) is 55.5 Å². The van der Waals surface area contributed by atoms with Crippen LogP contribution in [0.25, 0.3) is 39.1 Å². The zero-order valence-electron chi connectivity index (χ0n) is 22.2. The van der Waals surface area contributed by atoms with Gasteiger partial charge in [-0.15, -0.1) is 0 Å². The summed E-state index contributed by atoms with van der Waals surface area (Å²) in [5.74, 6) is 0.949. The van der Waals surface area contributed by atoms with Gasteiger partial charge in [-0.25, -0.2) is 4.98 Å². The standard InChI is InChI=1S/C29H25N7O.C2H6/c37-29(17-4-1-5-17)32-21-12-20(15-31-16-21)18-9-10-24-23(13-18)27(36-35-24)28-33-25-8-2-7-22(26(25)34-28)19-6-3-11-30-14-19;1-2/h3,6-7,9-17H,1-2,4-5,8H2,(H,32,37)(H,33,34)(H,35,36);1-2H3. The Kier molecular flexibility index (Phi) is 6.75. The van der Waals surface area contributed by atoms with E-state index in [1.54, 1.807) is 12.4 Å². The Labute approximate surface area is 227 Å². The van der Waals surface area contributed by atoms with Crippen molar-refractivity contribution >= 4 is 28.1 Å². The first kappa shape index (κ1) is 24.7. The molecule has 8 nitrogen and oxygen atoms in total. The van der Waals surface area contributed by atoms with E-state index in [1.807, 2.05) is 50.5 Å². The van der Waals surface area contributed by atoms with E-state index in [4.69, 9.17) is 4.98 Å².